The summed E-state index contributed by atoms with van der Waals surface area (Å²) in [5.41, 5.74) is 1.48. The zero-order chi connectivity index (χ0) is 15.0. The molecule has 4 nitrogen and oxygen atoms in total. The summed E-state index contributed by atoms with van der Waals surface area (Å²) < 4.78 is 0. The molecule has 1 aromatic rings. The second-order valence-electron chi connectivity index (χ2n) is 6.37. The maximum absolute atomic E-state index is 12.5. The van der Waals surface area contributed by atoms with Crippen LogP contribution in [0.1, 0.15) is 55.1 Å². The average molecular weight is 308 g/mol. The van der Waals surface area contributed by atoms with Gasteiger partial charge in [-0.3, -0.25) is 9.69 Å². The first-order valence-electron chi connectivity index (χ1n) is 7.77. The number of fused-ring (bicyclic) bond motifs is 1. The van der Waals surface area contributed by atoms with Crippen LogP contribution in [0.15, 0.2) is 12.1 Å². The molecule has 2 fully saturated rings. The topological polar surface area (TPSA) is 45.2 Å². The highest BCUT2D eigenvalue weighted by atomic mass is 35.5. The molecule has 2 saturated heterocycles. The summed E-state index contributed by atoms with van der Waals surface area (Å²) in [6.07, 6.45) is 3.49. The van der Waals surface area contributed by atoms with E-state index in [-0.39, 0.29) is 17.9 Å². The number of hydrogen-bond donors (Lipinski definition) is 1. The molecule has 3 rings (SSSR count). The Hall–Kier alpha value is -1.13. The maximum atomic E-state index is 12.5. The quantitative estimate of drug-likeness (QED) is 0.873. The van der Waals surface area contributed by atoms with E-state index in [1.807, 2.05) is 19.9 Å². The second kappa shape index (κ2) is 5.93. The molecule has 5 heteroatoms. The lowest BCUT2D eigenvalue weighted by atomic mass is 10.0. The molecular formula is C16H22ClN3O. The Morgan fingerprint density at radius 2 is 2.19 bits per heavy atom. The van der Waals surface area contributed by atoms with Gasteiger partial charge in [0, 0.05) is 29.9 Å². The van der Waals surface area contributed by atoms with Gasteiger partial charge in [-0.05, 0) is 43.9 Å². The van der Waals surface area contributed by atoms with E-state index in [1.165, 1.54) is 19.4 Å². The minimum Gasteiger partial charge on any atom is -0.348 e. The number of pyridine rings is 1. The van der Waals surface area contributed by atoms with Gasteiger partial charge in [0.1, 0.15) is 5.15 Å². The third kappa shape index (κ3) is 3.06. The monoisotopic (exact) mass is 307 g/mol. The van der Waals surface area contributed by atoms with Crippen LogP contribution < -0.4 is 5.32 Å². The van der Waals surface area contributed by atoms with Crippen LogP contribution in [-0.4, -0.2) is 41.0 Å². The molecule has 3 heterocycles. The Balaban J connectivity index is 1.73. The number of nitrogens with one attached hydrogen (secondary N) is 1. The highest BCUT2D eigenvalue weighted by Gasteiger charge is 2.37. The van der Waals surface area contributed by atoms with Crippen LogP contribution in [0.4, 0.5) is 0 Å². The van der Waals surface area contributed by atoms with Gasteiger partial charge in [-0.1, -0.05) is 25.4 Å². The molecule has 114 valence electrons. The van der Waals surface area contributed by atoms with Gasteiger partial charge in [0.25, 0.3) is 5.91 Å². The number of nitrogens with zero attached hydrogens (tertiary/aromatic N) is 2. The van der Waals surface area contributed by atoms with Crippen molar-refractivity contribution in [3.63, 3.8) is 0 Å². The van der Waals surface area contributed by atoms with Crippen LogP contribution in [0.25, 0.3) is 0 Å². The molecule has 1 aromatic heterocycles. The van der Waals surface area contributed by atoms with Crippen LogP contribution in [0, 0.1) is 0 Å². The third-order valence-electron chi connectivity index (χ3n) is 4.59. The standard InChI is InChI=1S/C16H22ClN3O/c1-10(2)13-8-11(9-15(17)18-13)16(21)19-12-5-7-20-6-3-4-14(12)20/h8-10,12,14H,3-7H2,1-2H3,(H,19,21). The Morgan fingerprint density at radius 1 is 1.38 bits per heavy atom. The summed E-state index contributed by atoms with van der Waals surface area (Å²) in [4.78, 5) is 19.3. The lowest BCUT2D eigenvalue weighted by Gasteiger charge is -2.21. The SMILES string of the molecule is CC(C)c1cc(C(=O)NC2CCN3CCCC23)cc(Cl)n1. The molecule has 2 atom stereocenters. The van der Waals surface area contributed by atoms with Gasteiger partial charge in [0.15, 0.2) is 0 Å². The Morgan fingerprint density at radius 3 is 2.95 bits per heavy atom. The fourth-order valence-electron chi connectivity index (χ4n) is 3.45. The van der Waals surface area contributed by atoms with Crippen molar-refractivity contribution in [2.45, 2.75) is 51.1 Å². The van der Waals surface area contributed by atoms with Crippen LogP contribution in [0.5, 0.6) is 0 Å². The van der Waals surface area contributed by atoms with Crippen molar-refractivity contribution in [2.75, 3.05) is 13.1 Å². The third-order valence-corrected chi connectivity index (χ3v) is 4.78. The minimum absolute atomic E-state index is 0.0278. The lowest BCUT2D eigenvalue weighted by molar-refractivity contribution is 0.0929. The largest absolute Gasteiger partial charge is 0.348 e. The maximum Gasteiger partial charge on any atom is 0.251 e. The van der Waals surface area contributed by atoms with E-state index >= 15 is 0 Å². The molecular weight excluding hydrogens is 286 g/mol. The van der Waals surface area contributed by atoms with E-state index in [4.69, 9.17) is 11.6 Å². The van der Waals surface area contributed by atoms with E-state index in [0.717, 1.165) is 18.7 Å². The van der Waals surface area contributed by atoms with Crippen molar-refractivity contribution in [1.29, 1.82) is 0 Å². The van der Waals surface area contributed by atoms with Crippen LogP contribution in [-0.2, 0) is 0 Å². The molecule has 0 bridgehead atoms. The smallest absolute Gasteiger partial charge is 0.251 e. The van der Waals surface area contributed by atoms with E-state index in [9.17, 15) is 4.79 Å². The first kappa shape index (κ1) is 14.8. The summed E-state index contributed by atoms with van der Waals surface area (Å²) in [5.74, 6) is 0.229. The predicted octanol–water partition coefficient (Wildman–Crippen LogP) is 2.82. The van der Waals surface area contributed by atoms with Gasteiger partial charge in [-0.2, -0.15) is 0 Å². The normalized spacial score (nSPS) is 25.3. The summed E-state index contributed by atoms with van der Waals surface area (Å²) in [6, 6.07) is 4.31. The van der Waals surface area contributed by atoms with Crippen molar-refractivity contribution in [3.05, 3.63) is 28.5 Å². The Bertz CT molecular complexity index is 546. The van der Waals surface area contributed by atoms with E-state index < -0.39 is 0 Å². The zero-order valence-electron chi connectivity index (χ0n) is 12.6. The number of amides is 1. The van der Waals surface area contributed by atoms with Gasteiger partial charge < -0.3 is 5.32 Å². The molecule has 1 N–H and O–H groups in total. The first-order chi connectivity index (χ1) is 10.0. The molecule has 0 radical (unpaired) electrons. The molecule has 0 spiro atoms. The molecule has 1 amide bonds. The second-order valence-corrected chi connectivity index (χ2v) is 6.76. The van der Waals surface area contributed by atoms with Gasteiger partial charge in [0.2, 0.25) is 0 Å². The average Bonchev–Trinajstić information content (AvgIpc) is 3.03. The lowest BCUT2D eigenvalue weighted by Crippen LogP contribution is -2.42. The van der Waals surface area contributed by atoms with Crippen molar-refractivity contribution >= 4 is 17.5 Å². The van der Waals surface area contributed by atoms with Crippen molar-refractivity contribution in [3.8, 4) is 0 Å². The van der Waals surface area contributed by atoms with Crippen LogP contribution in [0.3, 0.4) is 0 Å². The molecule has 0 saturated carbocycles. The number of carbonyl (C=O) groups is 1. The van der Waals surface area contributed by atoms with Gasteiger partial charge in [-0.25, -0.2) is 4.98 Å². The molecule has 2 aliphatic heterocycles. The predicted molar refractivity (Wildman–Crippen MR) is 83.8 cm³/mol. The van der Waals surface area contributed by atoms with Crippen molar-refractivity contribution in [2.24, 2.45) is 0 Å². The van der Waals surface area contributed by atoms with Gasteiger partial charge in [0.05, 0.1) is 0 Å². The summed E-state index contributed by atoms with van der Waals surface area (Å²) in [6.45, 7) is 6.38. The Labute approximate surface area is 130 Å². The van der Waals surface area contributed by atoms with Crippen molar-refractivity contribution in [1.82, 2.24) is 15.2 Å². The molecule has 0 aliphatic carbocycles. The fourth-order valence-corrected chi connectivity index (χ4v) is 3.66. The Kier molecular flexibility index (Phi) is 4.18. The summed E-state index contributed by atoms with van der Waals surface area (Å²) in [7, 11) is 0. The highest BCUT2D eigenvalue weighted by molar-refractivity contribution is 6.29. The molecule has 0 aromatic carbocycles. The molecule has 2 unspecified atom stereocenters. The van der Waals surface area contributed by atoms with Crippen LogP contribution >= 0.6 is 11.6 Å². The first-order valence-corrected chi connectivity index (χ1v) is 8.15. The van der Waals surface area contributed by atoms with E-state index in [1.54, 1.807) is 6.07 Å². The highest BCUT2D eigenvalue weighted by Crippen LogP contribution is 2.28. The number of halogens is 1. The fraction of sp³-hybridized carbons (Fsp3) is 0.625. The number of aromatic nitrogens is 1. The number of hydrogen-bond acceptors (Lipinski definition) is 3. The van der Waals surface area contributed by atoms with Crippen LogP contribution in [0.2, 0.25) is 5.15 Å². The summed E-state index contributed by atoms with van der Waals surface area (Å²) in [5, 5.41) is 3.58. The van der Waals surface area contributed by atoms with Crippen molar-refractivity contribution < 1.29 is 4.79 Å². The number of rotatable bonds is 3. The van der Waals surface area contributed by atoms with Gasteiger partial charge in [-0.15, -0.1) is 0 Å². The van der Waals surface area contributed by atoms with E-state index in [0.29, 0.717) is 16.8 Å². The minimum atomic E-state index is -0.0278. The molecule has 21 heavy (non-hydrogen) atoms. The number of carbonyl (C=O) groups excluding carboxylic acids is 1. The summed E-state index contributed by atoms with van der Waals surface area (Å²) >= 11 is 6.04. The van der Waals surface area contributed by atoms with E-state index in [2.05, 4.69) is 15.2 Å². The molecule has 2 aliphatic rings. The van der Waals surface area contributed by atoms with Gasteiger partial charge >= 0.3 is 0 Å². The zero-order valence-corrected chi connectivity index (χ0v) is 13.4.